The molecule has 1 atom stereocenters. The Morgan fingerprint density at radius 1 is 1.20 bits per heavy atom. The lowest BCUT2D eigenvalue weighted by Crippen LogP contribution is -2.21. The molecule has 1 heterocycles. The molecule has 0 saturated carbocycles. The molecular formula is C15H14N2O2S. The molecule has 0 amide bonds. The Hall–Kier alpha value is -2.01. The minimum atomic E-state index is -0.373. The third kappa shape index (κ3) is 2.36. The van der Waals surface area contributed by atoms with Crippen LogP contribution in [0.1, 0.15) is 12.5 Å². The van der Waals surface area contributed by atoms with Crippen molar-refractivity contribution in [1.29, 1.82) is 0 Å². The topological polar surface area (TPSA) is 46.4 Å². The number of benzene rings is 2. The molecule has 5 heteroatoms. The molecule has 1 aliphatic rings. The minimum absolute atomic E-state index is 0.129. The van der Waals surface area contributed by atoms with Gasteiger partial charge in [-0.05, 0) is 49.1 Å². The van der Waals surface area contributed by atoms with E-state index in [0.717, 1.165) is 11.3 Å². The molecule has 2 aromatic carbocycles. The quantitative estimate of drug-likeness (QED) is 0.485. The second-order valence-corrected chi connectivity index (χ2v) is 5.90. The molecule has 3 rings (SSSR count). The smallest absolute Gasteiger partial charge is 0.269 e. The number of nitro groups is 1. The van der Waals surface area contributed by atoms with Gasteiger partial charge in [0.05, 0.1) is 10.6 Å². The summed E-state index contributed by atoms with van der Waals surface area (Å²) >= 11 is 1.63. The summed E-state index contributed by atoms with van der Waals surface area (Å²) in [4.78, 5) is 11.3. The molecular weight excluding hydrogens is 272 g/mol. The molecule has 0 saturated heterocycles. The fourth-order valence-corrected chi connectivity index (χ4v) is 3.43. The lowest BCUT2D eigenvalue weighted by molar-refractivity contribution is -0.384. The van der Waals surface area contributed by atoms with Crippen LogP contribution in [0.5, 0.6) is 0 Å². The molecule has 0 aliphatic carbocycles. The summed E-state index contributed by atoms with van der Waals surface area (Å²) in [6.07, 6.45) is 1.04. The van der Waals surface area contributed by atoms with Crippen LogP contribution in [0.3, 0.4) is 0 Å². The number of anilines is 1. The van der Waals surface area contributed by atoms with E-state index < -0.39 is 0 Å². The summed E-state index contributed by atoms with van der Waals surface area (Å²) < 4.78 is 2.27. The maximum Gasteiger partial charge on any atom is 0.269 e. The van der Waals surface area contributed by atoms with Crippen LogP contribution < -0.4 is 4.31 Å². The van der Waals surface area contributed by atoms with Crippen molar-refractivity contribution in [2.45, 2.75) is 24.3 Å². The SMILES string of the molecule is CC1Cc2ccccc2N1Sc1ccc([N+](=O)[O-])cc1. The second-order valence-electron chi connectivity index (χ2n) is 4.85. The van der Waals surface area contributed by atoms with Gasteiger partial charge in [0, 0.05) is 23.1 Å². The van der Waals surface area contributed by atoms with Gasteiger partial charge in [-0.25, -0.2) is 0 Å². The van der Waals surface area contributed by atoms with Gasteiger partial charge in [0.2, 0.25) is 0 Å². The Morgan fingerprint density at radius 2 is 1.90 bits per heavy atom. The lowest BCUT2D eigenvalue weighted by Gasteiger charge is -2.23. The zero-order valence-electron chi connectivity index (χ0n) is 11.0. The number of rotatable bonds is 3. The van der Waals surface area contributed by atoms with Crippen molar-refractivity contribution >= 4 is 23.3 Å². The third-order valence-electron chi connectivity index (χ3n) is 3.40. The first kappa shape index (κ1) is 13.0. The summed E-state index contributed by atoms with van der Waals surface area (Å²) in [5, 5.41) is 10.7. The Morgan fingerprint density at radius 3 is 2.60 bits per heavy atom. The fourth-order valence-electron chi connectivity index (χ4n) is 2.42. The van der Waals surface area contributed by atoms with E-state index in [4.69, 9.17) is 0 Å². The molecule has 1 aliphatic heterocycles. The normalized spacial score (nSPS) is 17.1. The van der Waals surface area contributed by atoms with Crippen LogP contribution in [-0.2, 0) is 6.42 Å². The highest BCUT2D eigenvalue weighted by Gasteiger charge is 2.26. The van der Waals surface area contributed by atoms with Crippen LogP contribution in [0.2, 0.25) is 0 Å². The molecule has 0 bridgehead atoms. The number of nitrogens with zero attached hydrogens (tertiary/aromatic N) is 2. The van der Waals surface area contributed by atoms with E-state index in [1.165, 1.54) is 11.3 Å². The van der Waals surface area contributed by atoms with Crippen LogP contribution in [0.4, 0.5) is 11.4 Å². The lowest BCUT2D eigenvalue weighted by atomic mass is 10.1. The number of non-ortho nitro benzene ring substituents is 1. The van der Waals surface area contributed by atoms with E-state index in [0.29, 0.717) is 6.04 Å². The average molecular weight is 286 g/mol. The molecule has 0 fully saturated rings. The fraction of sp³-hybridized carbons (Fsp3) is 0.200. The average Bonchev–Trinajstić information content (AvgIpc) is 2.76. The largest absolute Gasteiger partial charge is 0.309 e. The summed E-state index contributed by atoms with van der Waals surface area (Å²) in [7, 11) is 0. The van der Waals surface area contributed by atoms with E-state index in [-0.39, 0.29) is 10.6 Å². The second kappa shape index (κ2) is 5.17. The monoisotopic (exact) mass is 286 g/mol. The summed E-state index contributed by atoms with van der Waals surface area (Å²) in [6, 6.07) is 15.5. The third-order valence-corrected chi connectivity index (χ3v) is 4.63. The van der Waals surface area contributed by atoms with E-state index in [2.05, 4.69) is 29.4 Å². The molecule has 4 nitrogen and oxygen atoms in total. The standard InChI is InChI=1S/C15H14N2O2S/c1-11-10-12-4-2-3-5-15(12)16(11)20-14-8-6-13(7-9-14)17(18)19/h2-9,11H,10H2,1H3. The number of fused-ring (bicyclic) bond motifs is 1. The van der Waals surface area contributed by atoms with Crippen LogP contribution in [0.25, 0.3) is 0 Å². The van der Waals surface area contributed by atoms with Gasteiger partial charge in [-0.3, -0.25) is 10.1 Å². The van der Waals surface area contributed by atoms with E-state index in [1.807, 2.05) is 6.07 Å². The number of nitro benzene ring substituents is 1. The maximum atomic E-state index is 10.7. The van der Waals surface area contributed by atoms with Crippen LogP contribution in [0, 0.1) is 10.1 Å². The Bertz CT molecular complexity index is 643. The van der Waals surface area contributed by atoms with Crippen molar-refractivity contribution in [2.24, 2.45) is 0 Å². The van der Waals surface area contributed by atoms with Crippen molar-refractivity contribution in [2.75, 3.05) is 4.31 Å². The summed E-state index contributed by atoms with van der Waals surface area (Å²) in [6.45, 7) is 2.19. The van der Waals surface area contributed by atoms with Crippen molar-refractivity contribution < 1.29 is 4.92 Å². The first-order chi connectivity index (χ1) is 9.65. The van der Waals surface area contributed by atoms with Gasteiger partial charge in [-0.2, -0.15) is 0 Å². The minimum Gasteiger partial charge on any atom is -0.309 e. The van der Waals surface area contributed by atoms with E-state index in [1.54, 1.807) is 36.2 Å². The zero-order valence-corrected chi connectivity index (χ0v) is 11.8. The van der Waals surface area contributed by atoms with Crippen molar-refractivity contribution in [3.8, 4) is 0 Å². The van der Waals surface area contributed by atoms with Gasteiger partial charge in [0.1, 0.15) is 0 Å². The van der Waals surface area contributed by atoms with Crippen molar-refractivity contribution in [3.63, 3.8) is 0 Å². The summed E-state index contributed by atoms with van der Waals surface area (Å²) in [5.41, 5.74) is 2.72. The maximum absolute atomic E-state index is 10.7. The van der Waals surface area contributed by atoms with Crippen molar-refractivity contribution in [3.05, 3.63) is 64.2 Å². The van der Waals surface area contributed by atoms with Gasteiger partial charge in [-0.1, -0.05) is 18.2 Å². The molecule has 0 aromatic heterocycles. The highest BCUT2D eigenvalue weighted by Crippen LogP contribution is 2.39. The van der Waals surface area contributed by atoms with Gasteiger partial charge in [-0.15, -0.1) is 0 Å². The molecule has 20 heavy (non-hydrogen) atoms. The first-order valence-corrected chi connectivity index (χ1v) is 7.22. The van der Waals surface area contributed by atoms with Crippen LogP contribution in [-0.4, -0.2) is 11.0 Å². The molecule has 0 spiro atoms. The molecule has 0 radical (unpaired) electrons. The number of para-hydroxylation sites is 1. The van der Waals surface area contributed by atoms with E-state index in [9.17, 15) is 10.1 Å². The number of hydrogen-bond donors (Lipinski definition) is 0. The zero-order chi connectivity index (χ0) is 14.1. The van der Waals surface area contributed by atoms with Gasteiger partial charge >= 0.3 is 0 Å². The predicted molar refractivity (Wildman–Crippen MR) is 81.0 cm³/mol. The highest BCUT2D eigenvalue weighted by atomic mass is 32.2. The summed E-state index contributed by atoms with van der Waals surface area (Å²) in [5.74, 6) is 0. The van der Waals surface area contributed by atoms with Gasteiger partial charge in [0.15, 0.2) is 0 Å². The van der Waals surface area contributed by atoms with Crippen LogP contribution >= 0.6 is 11.9 Å². The van der Waals surface area contributed by atoms with Crippen LogP contribution in [0.15, 0.2) is 53.4 Å². The Labute approximate surface area is 121 Å². The molecule has 102 valence electrons. The van der Waals surface area contributed by atoms with Gasteiger partial charge < -0.3 is 4.31 Å². The molecule has 0 N–H and O–H groups in total. The Balaban J connectivity index is 1.82. The van der Waals surface area contributed by atoms with Gasteiger partial charge in [0.25, 0.3) is 5.69 Å². The Kier molecular flexibility index (Phi) is 3.36. The van der Waals surface area contributed by atoms with Crippen molar-refractivity contribution in [1.82, 2.24) is 0 Å². The van der Waals surface area contributed by atoms with E-state index >= 15 is 0 Å². The first-order valence-electron chi connectivity index (χ1n) is 6.45. The highest BCUT2D eigenvalue weighted by molar-refractivity contribution is 8.00. The molecule has 2 aromatic rings. The predicted octanol–water partition coefficient (Wildman–Crippen LogP) is 4.05. The number of hydrogen-bond acceptors (Lipinski definition) is 4. The molecule has 1 unspecified atom stereocenters.